The summed E-state index contributed by atoms with van der Waals surface area (Å²) in [6.07, 6.45) is 7.23. The predicted octanol–water partition coefficient (Wildman–Crippen LogP) is 2.37. The Morgan fingerprint density at radius 1 is 1.38 bits per heavy atom. The molecule has 0 aliphatic heterocycles. The van der Waals surface area contributed by atoms with Gasteiger partial charge in [-0.25, -0.2) is 0 Å². The normalized spacial score (nSPS) is 25.5. The summed E-state index contributed by atoms with van der Waals surface area (Å²) in [6.45, 7) is 6.74. The molecule has 0 aromatic heterocycles. The van der Waals surface area contributed by atoms with Gasteiger partial charge in [-0.3, -0.25) is 9.20 Å². The lowest BCUT2D eigenvalue weighted by Crippen LogP contribution is -2.46. The van der Waals surface area contributed by atoms with Crippen LogP contribution in [-0.4, -0.2) is 51.8 Å². The monoisotopic (exact) mass is 333 g/mol. The van der Waals surface area contributed by atoms with E-state index in [9.17, 15) is 4.21 Å². The van der Waals surface area contributed by atoms with E-state index in [-0.39, 0.29) is 4.75 Å². The van der Waals surface area contributed by atoms with Gasteiger partial charge in [0.1, 0.15) is 0 Å². The standard InChI is InChI=1S/C15H31N3OS2/c1-15(2,3)21(19)10-9-17-14(16-4)18-12-7-6-8-13(11-12)20-5/h12-13H,6-11H2,1-5H3,(H2,16,17,18). The highest BCUT2D eigenvalue weighted by molar-refractivity contribution is 7.99. The van der Waals surface area contributed by atoms with E-state index in [4.69, 9.17) is 0 Å². The number of nitrogens with one attached hydrogen (secondary N) is 2. The Balaban J connectivity index is 2.34. The van der Waals surface area contributed by atoms with Crippen LogP contribution in [0.15, 0.2) is 4.99 Å². The maximum Gasteiger partial charge on any atom is 0.191 e. The maximum atomic E-state index is 12.0. The quantitative estimate of drug-likeness (QED) is 0.599. The molecule has 1 aliphatic carbocycles. The highest BCUT2D eigenvalue weighted by Gasteiger charge is 2.22. The number of aliphatic imine (C=N–C) groups is 1. The van der Waals surface area contributed by atoms with Crippen molar-refractivity contribution in [2.75, 3.05) is 25.6 Å². The molecule has 6 heteroatoms. The van der Waals surface area contributed by atoms with E-state index < -0.39 is 10.8 Å². The average Bonchev–Trinajstić information content (AvgIpc) is 2.45. The number of hydrogen-bond donors (Lipinski definition) is 2. The molecule has 0 amide bonds. The fourth-order valence-electron chi connectivity index (χ4n) is 2.45. The molecule has 2 N–H and O–H groups in total. The second-order valence-corrected chi connectivity index (χ2v) is 9.99. The molecule has 0 spiro atoms. The molecule has 0 aromatic carbocycles. The van der Waals surface area contributed by atoms with Crippen molar-refractivity contribution in [3.8, 4) is 0 Å². The minimum absolute atomic E-state index is 0.145. The molecule has 0 aromatic rings. The molecule has 1 saturated carbocycles. The van der Waals surface area contributed by atoms with Gasteiger partial charge >= 0.3 is 0 Å². The molecule has 124 valence electrons. The van der Waals surface area contributed by atoms with Gasteiger partial charge in [0, 0.05) is 46.2 Å². The van der Waals surface area contributed by atoms with Gasteiger partial charge < -0.3 is 10.6 Å². The first kappa shape index (κ1) is 18.8. The van der Waals surface area contributed by atoms with E-state index in [1.165, 1.54) is 25.7 Å². The summed E-state index contributed by atoms with van der Waals surface area (Å²) in [7, 11) is 0.978. The van der Waals surface area contributed by atoms with Crippen LogP contribution >= 0.6 is 11.8 Å². The van der Waals surface area contributed by atoms with Crippen molar-refractivity contribution < 1.29 is 4.21 Å². The highest BCUT2D eigenvalue weighted by Crippen LogP contribution is 2.26. The number of guanidine groups is 1. The van der Waals surface area contributed by atoms with E-state index in [2.05, 4.69) is 21.9 Å². The lowest BCUT2D eigenvalue weighted by Gasteiger charge is -2.30. The number of thioether (sulfide) groups is 1. The summed E-state index contributed by atoms with van der Waals surface area (Å²) < 4.78 is 11.9. The van der Waals surface area contributed by atoms with Crippen LogP contribution in [0.5, 0.6) is 0 Å². The molecule has 21 heavy (non-hydrogen) atoms. The van der Waals surface area contributed by atoms with Crippen LogP contribution in [0.2, 0.25) is 0 Å². The summed E-state index contributed by atoms with van der Waals surface area (Å²) in [5, 5.41) is 7.57. The minimum atomic E-state index is -0.818. The third-order valence-electron chi connectivity index (χ3n) is 3.79. The first-order valence-electron chi connectivity index (χ1n) is 7.75. The van der Waals surface area contributed by atoms with E-state index in [0.717, 1.165) is 11.2 Å². The zero-order valence-corrected chi connectivity index (χ0v) is 15.7. The van der Waals surface area contributed by atoms with Crippen LogP contribution < -0.4 is 10.6 Å². The smallest absolute Gasteiger partial charge is 0.191 e. The van der Waals surface area contributed by atoms with Gasteiger partial charge in [-0.1, -0.05) is 6.42 Å². The van der Waals surface area contributed by atoms with Gasteiger partial charge in [0.05, 0.1) is 0 Å². The van der Waals surface area contributed by atoms with Gasteiger partial charge in [-0.05, 0) is 46.3 Å². The van der Waals surface area contributed by atoms with Crippen LogP contribution in [-0.2, 0) is 10.8 Å². The predicted molar refractivity (Wildman–Crippen MR) is 96.8 cm³/mol. The van der Waals surface area contributed by atoms with Crippen molar-refractivity contribution in [1.82, 2.24) is 10.6 Å². The van der Waals surface area contributed by atoms with Crippen molar-refractivity contribution in [1.29, 1.82) is 0 Å². The molecule has 1 fully saturated rings. The van der Waals surface area contributed by atoms with Crippen molar-refractivity contribution in [3.05, 3.63) is 0 Å². The zero-order valence-electron chi connectivity index (χ0n) is 14.1. The maximum absolute atomic E-state index is 12.0. The van der Waals surface area contributed by atoms with Crippen LogP contribution in [0.4, 0.5) is 0 Å². The van der Waals surface area contributed by atoms with Gasteiger partial charge in [0.15, 0.2) is 5.96 Å². The second kappa shape index (κ2) is 9.03. The Labute approximate surface area is 136 Å². The Hall–Kier alpha value is -0.230. The Morgan fingerprint density at radius 3 is 2.67 bits per heavy atom. The van der Waals surface area contributed by atoms with Gasteiger partial charge in [-0.15, -0.1) is 0 Å². The zero-order chi connectivity index (χ0) is 15.9. The summed E-state index contributed by atoms with van der Waals surface area (Å²) >= 11 is 1.97. The third-order valence-corrected chi connectivity index (χ3v) is 6.82. The van der Waals surface area contributed by atoms with E-state index in [1.54, 1.807) is 7.05 Å². The lowest BCUT2D eigenvalue weighted by molar-refractivity contribution is 0.419. The molecule has 4 nitrogen and oxygen atoms in total. The van der Waals surface area contributed by atoms with Gasteiger partial charge in [-0.2, -0.15) is 11.8 Å². The molecule has 0 heterocycles. The Kier molecular flexibility index (Phi) is 8.09. The van der Waals surface area contributed by atoms with Crippen molar-refractivity contribution in [2.24, 2.45) is 4.99 Å². The molecule has 3 atom stereocenters. The first-order chi connectivity index (χ1) is 9.86. The number of rotatable bonds is 5. The second-order valence-electron chi connectivity index (χ2n) is 6.53. The summed E-state index contributed by atoms with van der Waals surface area (Å²) in [4.78, 5) is 4.28. The van der Waals surface area contributed by atoms with E-state index >= 15 is 0 Å². The summed E-state index contributed by atoms with van der Waals surface area (Å²) in [6, 6.07) is 0.510. The summed E-state index contributed by atoms with van der Waals surface area (Å²) in [5.74, 6) is 1.50. The topological polar surface area (TPSA) is 53.5 Å². The van der Waals surface area contributed by atoms with E-state index in [1.807, 2.05) is 32.5 Å². The Morgan fingerprint density at radius 2 is 2.10 bits per heavy atom. The molecule has 1 rings (SSSR count). The van der Waals surface area contributed by atoms with Crippen LogP contribution in [0.3, 0.4) is 0 Å². The fraction of sp³-hybridized carbons (Fsp3) is 0.933. The molecule has 0 saturated heterocycles. The van der Waals surface area contributed by atoms with E-state index in [0.29, 0.717) is 18.3 Å². The van der Waals surface area contributed by atoms with Crippen LogP contribution in [0.25, 0.3) is 0 Å². The highest BCUT2D eigenvalue weighted by atomic mass is 32.2. The lowest BCUT2D eigenvalue weighted by atomic mass is 9.95. The summed E-state index contributed by atoms with van der Waals surface area (Å²) in [5.41, 5.74) is 0. The third kappa shape index (κ3) is 7.04. The molecule has 0 bridgehead atoms. The first-order valence-corrected chi connectivity index (χ1v) is 10.4. The fourth-order valence-corrected chi connectivity index (χ4v) is 4.17. The number of hydrogen-bond acceptors (Lipinski definition) is 3. The minimum Gasteiger partial charge on any atom is -0.355 e. The van der Waals surface area contributed by atoms with Crippen molar-refractivity contribution in [3.63, 3.8) is 0 Å². The molecule has 0 radical (unpaired) electrons. The van der Waals surface area contributed by atoms with Crippen molar-refractivity contribution >= 4 is 28.5 Å². The largest absolute Gasteiger partial charge is 0.355 e. The number of nitrogens with zero attached hydrogens (tertiary/aromatic N) is 1. The Bertz CT molecular complexity index is 366. The molecular formula is C15H31N3OS2. The molecule has 3 unspecified atom stereocenters. The molecular weight excluding hydrogens is 302 g/mol. The van der Waals surface area contributed by atoms with Gasteiger partial charge in [0.2, 0.25) is 0 Å². The average molecular weight is 334 g/mol. The van der Waals surface area contributed by atoms with Gasteiger partial charge in [0.25, 0.3) is 0 Å². The molecule has 1 aliphatic rings. The SMILES string of the molecule is CN=C(NCCS(=O)C(C)(C)C)NC1CCCC(SC)C1. The van der Waals surface area contributed by atoms with Crippen LogP contribution in [0, 0.1) is 0 Å². The van der Waals surface area contributed by atoms with Crippen LogP contribution in [0.1, 0.15) is 46.5 Å². The van der Waals surface area contributed by atoms with Crippen molar-refractivity contribution in [2.45, 2.75) is 62.5 Å².